The molecule has 0 N–H and O–H groups in total. The summed E-state index contributed by atoms with van der Waals surface area (Å²) in [5.74, 6) is 0.264. The molecule has 2 rings (SSSR count). The molecule has 1 aromatic heterocycles. The summed E-state index contributed by atoms with van der Waals surface area (Å²) >= 11 is 0. The maximum absolute atomic E-state index is 12.3. The summed E-state index contributed by atoms with van der Waals surface area (Å²) in [5.41, 5.74) is 2.33. The van der Waals surface area contributed by atoms with Crippen molar-refractivity contribution >= 4 is 5.91 Å². The van der Waals surface area contributed by atoms with Crippen LogP contribution in [0.3, 0.4) is 0 Å². The summed E-state index contributed by atoms with van der Waals surface area (Å²) in [7, 11) is 0. The van der Waals surface area contributed by atoms with Crippen LogP contribution in [0.1, 0.15) is 37.2 Å². The zero-order valence-corrected chi connectivity index (χ0v) is 10.4. The summed E-state index contributed by atoms with van der Waals surface area (Å²) < 4.78 is 2.13. The second-order valence-electron chi connectivity index (χ2n) is 4.69. The van der Waals surface area contributed by atoms with E-state index >= 15 is 0 Å². The summed E-state index contributed by atoms with van der Waals surface area (Å²) in [5, 5.41) is 0. The molecule has 0 spiro atoms. The Labute approximate surface area is 97.1 Å². The van der Waals surface area contributed by atoms with Crippen LogP contribution in [0.15, 0.2) is 12.1 Å². The van der Waals surface area contributed by atoms with Gasteiger partial charge in [0.15, 0.2) is 0 Å². The number of hydrogen-bond acceptors (Lipinski definition) is 1. The molecule has 0 radical (unpaired) electrons. The lowest BCUT2D eigenvalue weighted by atomic mass is 10.2. The van der Waals surface area contributed by atoms with E-state index in [1.165, 1.54) is 0 Å². The molecule has 1 aliphatic heterocycles. The summed E-state index contributed by atoms with van der Waals surface area (Å²) in [4.78, 5) is 14.2. The first-order valence-electron chi connectivity index (χ1n) is 6.04. The van der Waals surface area contributed by atoms with E-state index in [4.69, 9.17) is 0 Å². The lowest BCUT2D eigenvalue weighted by Crippen LogP contribution is -2.34. The van der Waals surface area contributed by atoms with Crippen LogP contribution in [0.5, 0.6) is 0 Å². The average molecular weight is 220 g/mol. The molecule has 2 heterocycles. The van der Waals surface area contributed by atoms with Crippen LogP contribution >= 0.6 is 0 Å². The molecular formula is C13H20N2O. The highest BCUT2D eigenvalue weighted by molar-refractivity contribution is 5.80. The fourth-order valence-corrected chi connectivity index (χ4v) is 2.60. The number of likely N-dealkylation sites (tertiary alicyclic amines) is 1. The molecule has 0 aliphatic carbocycles. The second kappa shape index (κ2) is 4.32. The molecule has 1 aliphatic rings. The fourth-order valence-electron chi connectivity index (χ4n) is 2.60. The first-order chi connectivity index (χ1) is 7.61. The Hall–Kier alpha value is -1.25. The molecule has 16 heavy (non-hydrogen) atoms. The topological polar surface area (TPSA) is 25.2 Å². The van der Waals surface area contributed by atoms with Gasteiger partial charge in [0.1, 0.15) is 6.04 Å². The van der Waals surface area contributed by atoms with Crippen molar-refractivity contribution in [2.45, 2.75) is 39.7 Å². The van der Waals surface area contributed by atoms with E-state index in [0.717, 1.165) is 37.3 Å². The van der Waals surface area contributed by atoms with Gasteiger partial charge in [-0.15, -0.1) is 0 Å². The van der Waals surface area contributed by atoms with Gasteiger partial charge in [-0.05, 0) is 45.7 Å². The molecule has 0 saturated carbocycles. The van der Waals surface area contributed by atoms with E-state index in [2.05, 4.69) is 30.5 Å². The highest BCUT2D eigenvalue weighted by Crippen LogP contribution is 2.20. The molecule has 88 valence electrons. The zero-order chi connectivity index (χ0) is 11.7. The van der Waals surface area contributed by atoms with Gasteiger partial charge in [0.25, 0.3) is 0 Å². The normalized spacial score (nSPS) is 17.8. The van der Waals surface area contributed by atoms with Crippen molar-refractivity contribution in [3.8, 4) is 0 Å². The average Bonchev–Trinajstić information content (AvgIpc) is 2.87. The maximum Gasteiger partial charge on any atom is 0.245 e. The van der Waals surface area contributed by atoms with Crippen LogP contribution in [0.4, 0.5) is 0 Å². The number of amides is 1. The van der Waals surface area contributed by atoms with Gasteiger partial charge in [-0.1, -0.05) is 0 Å². The van der Waals surface area contributed by atoms with Crippen molar-refractivity contribution in [2.75, 3.05) is 13.1 Å². The molecule has 3 heteroatoms. The molecule has 0 aromatic carbocycles. The monoisotopic (exact) mass is 220 g/mol. The van der Waals surface area contributed by atoms with Crippen molar-refractivity contribution in [1.82, 2.24) is 9.47 Å². The van der Waals surface area contributed by atoms with Crippen molar-refractivity contribution in [3.63, 3.8) is 0 Å². The Morgan fingerprint density at radius 2 is 1.69 bits per heavy atom. The van der Waals surface area contributed by atoms with E-state index < -0.39 is 0 Å². The Kier molecular flexibility index (Phi) is 3.03. The zero-order valence-electron chi connectivity index (χ0n) is 10.4. The van der Waals surface area contributed by atoms with Crippen LogP contribution in [0, 0.1) is 13.8 Å². The third-order valence-electron chi connectivity index (χ3n) is 3.49. The summed E-state index contributed by atoms with van der Waals surface area (Å²) in [6.07, 6.45) is 2.31. The number of rotatable bonds is 2. The minimum absolute atomic E-state index is 0.0619. The smallest absolute Gasteiger partial charge is 0.245 e. The van der Waals surface area contributed by atoms with Gasteiger partial charge < -0.3 is 9.47 Å². The first kappa shape index (κ1) is 11.2. The quantitative estimate of drug-likeness (QED) is 0.750. The third kappa shape index (κ3) is 1.86. The molecule has 1 aromatic rings. The van der Waals surface area contributed by atoms with E-state index in [-0.39, 0.29) is 11.9 Å². The van der Waals surface area contributed by atoms with Crippen molar-refractivity contribution in [2.24, 2.45) is 0 Å². The molecular weight excluding hydrogens is 200 g/mol. The Bertz CT molecular complexity index is 369. The highest BCUT2D eigenvalue weighted by atomic mass is 16.2. The summed E-state index contributed by atoms with van der Waals surface area (Å²) in [6.45, 7) is 7.98. The highest BCUT2D eigenvalue weighted by Gasteiger charge is 2.25. The molecule has 1 atom stereocenters. The van der Waals surface area contributed by atoms with E-state index in [1.54, 1.807) is 0 Å². The van der Waals surface area contributed by atoms with Crippen LogP contribution in [-0.2, 0) is 4.79 Å². The fraction of sp³-hybridized carbons (Fsp3) is 0.615. The van der Waals surface area contributed by atoms with Gasteiger partial charge >= 0.3 is 0 Å². The van der Waals surface area contributed by atoms with E-state index in [9.17, 15) is 4.79 Å². The first-order valence-corrected chi connectivity index (χ1v) is 6.04. The van der Waals surface area contributed by atoms with Crippen molar-refractivity contribution < 1.29 is 4.79 Å². The van der Waals surface area contributed by atoms with E-state index in [1.807, 2.05) is 11.8 Å². The van der Waals surface area contributed by atoms with Crippen LogP contribution in [-0.4, -0.2) is 28.5 Å². The Morgan fingerprint density at radius 3 is 2.19 bits per heavy atom. The molecule has 1 saturated heterocycles. The molecule has 1 fully saturated rings. The van der Waals surface area contributed by atoms with Gasteiger partial charge in [0, 0.05) is 24.5 Å². The second-order valence-corrected chi connectivity index (χ2v) is 4.69. The number of hydrogen-bond donors (Lipinski definition) is 0. The number of nitrogens with zero attached hydrogens (tertiary/aromatic N) is 2. The van der Waals surface area contributed by atoms with Crippen molar-refractivity contribution in [1.29, 1.82) is 0 Å². The molecule has 0 bridgehead atoms. The lowest BCUT2D eigenvalue weighted by molar-refractivity contribution is -0.133. The minimum Gasteiger partial charge on any atom is -0.341 e. The maximum atomic E-state index is 12.3. The van der Waals surface area contributed by atoms with Gasteiger partial charge in [-0.25, -0.2) is 0 Å². The van der Waals surface area contributed by atoms with Crippen LogP contribution in [0.25, 0.3) is 0 Å². The molecule has 1 amide bonds. The Morgan fingerprint density at radius 1 is 1.19 bits per heavy atom. The SMILES string of the molecule is Cc1ccc(C)n1[C@@H](C)C(=O)N1CCCC1. The molecule has 0 unspecified atom stereocenters. The van der Waals surface area contributed by atoms with Gasteiger partial charge in [0.2, 0.25) is 5.91 Å². The standard InChI is InChI=1S/C13H20N2O/c1-10-6-7-11(2)15(10)12(3)13(16)14-8-4-5-9-14/h6-7,12H,4-5,8-9H2,1-3H3/t12-/m0/s1. The van der Waals surface area contributed by atoms with Crippen molar-refractivity contribution in [3.05, 3.63) is 23.5 Å². The number of aryl methyl sites for hydroxylation is 2. The summed E-state index contributed by atoms with van der Waals surface area (Å²) in [6, 6.07) is 4.08. The number of aromatic nitrogens is 1. The Balaban J connectivity index is 2.18. The van der Waals surface area contributed by atoms with Crippen LogP contribution in [0.2, 0.25) is 0 Å². The lowest BCUT2D eigenvalue weighted by Gasteiger charge is -2.23. The number of carbonyl (C=O) groups is 1. The number of carbonyl (C=O) groups excluding carboxylic acids is 1. The predicted molar refractivity (Wildman–Crippen MR) is 64.4 cm³/mol. The third-order valence-corrected chi connectivity index (χ3v) is 3.49. The molecule has 3 nitrogen and oxygen atoms in total. The predicted octanol–water partition coefficient (Wildman–Crippen LogP) is 2.29. The van der Waals surface area contributed by atoms with E-state index in [0.29, 0.717) is 0 Å². The van der Waals surface area contributed by atoms with Gasteiger partial charge in [0.05, 0.1) is 0 Å². The van der Waals surface area contributed by atoms with Gasteiger partial charge in [-0.2, -0.15) is 0 Å². The van der Waals surface area contributed by atoms with Gasteiger partial charge in [-0.3, -0.25) is 4.79 Å². The van der Waals surface area contributed by atoms with Crippen LogP contribution < -0.4 is 0 Å². The largest absolute Gasteiger partial charge is 0.341 e. The minimum atomic E-state index is -0.0619.